The van der Waals surface area contributed by atoms with E-state index in [0.717, 1.165) is 10.4 Å². The summed E-state index contributed by atoms with van der Waals surface area (Å²) in [5, 5.41) is 2.01. The number of hydrogen-bond acceptors (Lipinski definition) is 4. The zero-order valence-corrected chi connectivity index (χ0v) is 7.71. The number of rotatable bonds is 1. The number of thiophene rings is 1. The highest BCUT2D eigenvalue weighted by Gasteiger charge is 2.05. The van der Waals surface area contributed by atoms with Crippen LogP contribution in [0, 0.1) is 0 Å². The smallest absolute Gasteiger partial charge is 0.147 e. The average Bonchev–Trinajstić information content (AvgIpc) is 2.62. The molecule has 3 nitrogen and oxygen atoms in total. The predicted octanol–water partition coefficient (Wildman–Crippen LogP) is 1.97. The van der Waals surface area contributed by atoms with Crippen molar-refractivity contribution in [2.75, 3.05) is 11.5 Å². The Morgan fingerprint density at radius 2 is 2.08 bits per heavy atom. The molecule has 0 atom stereocenters. The molecule has 0 aliphatic heterocycles. The first-order chi connectivity index (χ1) is 6.29. The molecule has 0 saturated carbocycles. The van der Waals surface area contributed by atoms with E-state index in [0.29, 0.717) is 11.5 Å². The molecular formula is C9H9N3S. The lowest BCUT2D eigenvalue weighted by atomic mass is 10.2. The minimum Gasteiger partial charge on any atom is -0.395 e. The number of anilines is 2. The van der Waals surface area contributed by atoms with Crippen molar-refractivity contribution in [3.63, 3.8) is 0 Å². The van der Waals surface area contributed by atoms with Crippen molar-refractivity contribution in [1.82, 2.24) is 4.98 Å². The van der Waals surface area contributed by atoms with Crippen LogP contribution in [0.5, 0.6) is 0 Å². The van der Waals surface area contributed by atoms with Gasteiger partial charge in [0.25, 0.3) is 0 Å². The lowest BCUT2D eigenvalue weighted by Gasteiger charge is -2.03. The highest BCUT2D eigenvalue weighted by molar-refractivity contribution is 7.13. The van der Waals surface area contributed by atoms with Gasteiger partial charge in [0.2, 0.25) is 0 Å². The third-order valence-electron chi connectivity index (χ3n) is 1.81. The monoisotopic (exact) mass is 191 g/mol. The summed E-state index contributed by atoms with van der Waals surface area (Å²) in [6.45, 7) is 0. The summed E-state index contributed by atoms with van der Waals surface area (Å²) in [6.07, 6.45) is 1.67. The molecule has 4 heteroatoms. The number of nitrogens with zero attached hydrogens (tertiary/aromatic N) is 1. The molecule has 2 aromatic rings. The molecule has 0 fully saturated rings. The van der Waals surface area contributed by atoms with E-state index >= 15 is 0 Å². The molecule has 0 aromatic carbocycles. The van der Waals surface area contributed by atoms with Crippen molar-refractivity contribution in [1.29, 1.82) is 0 Å². The van der Waals surface area contributed by atoms with Gasteiger partial charge in [0.15, 0.2) is 0 Å². The van der Waals surface area contributed by atoms with Crippen molar-refractivity contribution in [2.24, 2.45) is 0 Å². The number of nitrogens with two attached hydrogens (primary N) is 2. The molecule has 2 rings (SSSR count). The SMILES string of the molecule is Nc1nccc(-c2cccs2)c1N. The first-order valence-corrected chi connectivity index (χ1v) is 4.71. The molecule has 2 aromatic heterocycles. The lowest BCUT2D eigenvalue weighted by molar-refractivity contribution is 1.34. The standard InChI is InChI=1S/C9H9N3S/c10-8-6(3-4-12-9(8)11)7-2-1-5-13-7/h1-5H,10H2,(H2,11,12). The Morgan fingerprint density at radius 1 is 1.23 bits per heavy atom. The van der Waals surface area contributed by atoms with Gasteiger partial charge in [-0.25, -0.2) is 4.98 Å². The summed E-state index contributed by atoms with van der Waals surface area (Å²) < 4.78 is 0. The van der Waals surface area contributed by atoms with Crippen LogP contribution in [0.2, 0.25) is 0 Å². The van der Waals surface area contributed by atoms with E-state index in [1.807, 2.05) is 23.6 Å². The van der Waals surface area contributed by atoms with Gasteiger partial charge in [-0.05, 0) is 17.5 Å². The maximum Gasteiger partial charge on any atom is 0.147 e. The molecule has 66 valence electrons. The van der Waals surface area contributed by atoms with Crippen molar-refractivity contribution in [3.8, 4) is 10.4 Å². The number of nitrogen functional groups attached to an aromatic ring is 2. The van der Waals surface area contributed by atoms with Gasteiger partial charge in [0, 0.05) is 16.6 Å². The molecule has 0 spiro atoms. The summed E-state index contributed by atoms with van der Waals surface area (Å²) >= 11 is 1.64. The Hall–Kier alpha value is -1.55. The van der Waals surface area contributed by atoms with Crippen LogP contribution in [0.25, 0.3) is 10.4 Å². The third kappa shape index (κ3) is 1.36. The number of pyridine rings is 1. The summed E-state index contributed by atoms with van der Waals surface area (Å²) in [7, 11) is 0. The lowest BCUT2D eigenvalue weighted by Crippen LogP contribution is -1.98. The van der Waals surface area contributed by atoms with Crippen molar-refractivity contribution >= 4 is 22.8 Å². The van der Waals surface area contributed by atoms with Gasteiger partial charge in [-0.3, -0.25) is 0 Å². The first-order valence-electron chi connectivity index (χ1n) is 3.83. The second-order valence-corrected chi connectivity index (χ2v) is 3.58. The summed E-state index contributed by atoms with van der Waals surface area (Å²) in [5.41, 5.74) is 12.9. The van der Waals surface area contributed by atoms with E-state index < -0.39 is 0 Å². The Kier molecular flexibility index (Phi) is 1.90. The topological polar surface area (TPSA) is 64.9 Å². The van der Waals surface area contributed by atoms with Gasteiger partial charge < -0.3 is 11.5 Å². The van der Waals surface area contributed by atoms with Crippen LogP contribution in [-0.4, -0.2) is 4.98 Å². The van der Waals surface area contributed by atoms with E-state index in [2.05, 4.69) is 4.98 Å². The quantitative estimate of drug-likeness (QED) is 0.724. The normalized spacial score (nSPS) is 10.2. The molecule has 0 unspecified atom stereocenters. The fourth-order valence-corrected chi connectivity index (χ4v) is 1.90. The van der Waals surface area contributed by atoms with Crippen LogP contribution >= 0.6 is 11.3 Å². The Labute approximate surface area is 80.0 Å². The number of hydrogen-bond donors (Lipinski definition) is 2. The van der Waals surface area contributed by atoms with Crippen molar-refractivity contribution in [2.45, 2.75) is 0 Å². The van der Waals surface area contributed by atoms with Crippen LogP contribution in [0.4, 0.5) is 11.5 Å². The minimum atomic E-state index is 0.394. The van der Waals surface area contributed by atoms with E-state index in [1.165, 1.54) is 0 Å². The van der Waals surface area contributed by atoms with Crippen LogP contribution in [-0.2, 0) is 0 Å². The Bertz CT molecular complexity index is 409. The van der Waals surface area contributed by atoms with E-state index in [-0.39, 0.29) is 0 Å². The Balaban J connectivity index is 2.59. The van der Waals surface area contributed by atoms with Gasteiger partial charge >= 0.3 is 0 Å². The summed E-state index contributed by atoms with van der Waals surface area (Å²) in [6, 6.07) is 5.86. The molecule has 0 aliphatic rings. The molecule has 0 bridgehead atoms. The summed E-state index contributed by atoms with van der Waals surface area (Å²) in [5.74, 6) is 0.394. The highest BCUT2D eigenvalue weighted by Crippen LogP contribution is 2.31. The van der Waals surface area contributed by atoms with E-state index in [4.69, 9.17) is 11.5 Å². The molecule has 2 heterocycles. The van der Waals surface area contributed by atoms with Crippen LogP contribution < -0.4 is 11.5 Å². The molecule has 13 heavy (non-hydrogen) atoms. The zero-order valence-electron chi connectivity index (χ0n) is 6.90. The second kappa shape index (κ2) is 3.06. The van der Waals surface area contributed by atoms with Gasteiger partial charge in [-0.2, -0.15) is 0 Å². The van der Waals surface area contributed by atoms with Crippen molar-refractivity contribution < 1.29 is 0 Å². The third-order valence-corrected chi connectivity index (χ3v) is 2.71. The van der Waals surface area contributed by atoms with Crippen LogP contribution in [0.15, 0.2) is 29.8 Å². The maximum absolute atomic E-state index is 5.79. The van der Waals surface area contributed by atoms with Crippen molar-refractivity contribution in [3.05, 3.63) is 29.8 Å². The minimum absolute atomic E-state index is 0.394. The average molecular weight is 191 g/mol. The molecule has 0 aliphatic carbocycles. The predicted molar refractivity (Wildman–Crippen MR) is 56.4 cm³/mol. The second-order valence-electron chi connectivity index (χ2n) is 2.63. The van der Waals surface area contributed by atoms with E-state index in [9.17, 15) is 0 Å². The van der Waals surface area contributed by atoms with Gasteiger partial charge in [0.1, 0.15) is 5.82 Å². The van der Waals surface area contributed by atoms with Gasteiger partial charge in [-0.1, -0.05) is 6.07 Å². The first kappa shape index (κ1) is 8.07. The fraction of sp³-hybridized carbons (Fsp3) is 0. The largest absolute Gasteiger partial charge is 0.395 e. The number of aromatic nitrogens is 1. The highest BCUT2D eigenvalue weighted by atomic mass is 32.1. The van der Waals surface area contributed by atoms with Crippen LogP contribution in [0.1, 0.15) is 0 Å². The van der Waals surface area contributed by atoms with E-state index in [1.54, 1.807) is 17.5 Å². The fourth-order valence-electron chi connectivity index (χ4n) is 1.14. The summed E-state index contributed by atoms with van der Waals surface area (Å²) in [4.78, 5) is 5.02. The van der Waals surface area contributed by atoms with Crippen LogP contribution in [0.3, 0.4) is 0 Å². The molecule has 0 radical (unpaired) electrons. The zero-order chi connectivity index (χ0) is 9.26. The molecular weight excluding hydrogens is 182 g/mol. The maximum atomic E-state index is 5.79. The van der Waals surface area contributed by atoms with Gasteiger partial charge in [0.05, 0.1) is 5.69 Å². The molecule has 4 N–H and O–H groups in total. The Morgan fingerprint density at radius 3 is 2.77 bits per heavy atom. The van der Waals surface area contributed by atoms with Gasteiger partial charge in [-0.15, -0.1) is 11.3 Å². The molecule has 0 saturated heterocycles. The molecule has 0 amide bonds.